The maximum Gasteiger partial charge on any atom is 0.138 e. The predicted molar refractivity (Wildman–Crippen MR) is 99.3 cm³/mol. The fraction of sp³-hybridized carbons (Fsp3) is 0.368. The van der Waals surface area contributed by atoms with E-state index in [-0.39, 0.29) is 5.41 Å². The summed E-state index contributed by atoms with van der Waals surface area (Å²) in [6, 6.07) is 11.9. The molecular weight excluding hydrogens is 366 g/mol. The lowest BCUT2D eigenvalue weighted by molar-refractivity contribution is 0.0765. The molecule has 0 radical (unpaired) electrons. The van der Waals surface area contributed by atoms with Gasteiger partial charge in [0.05, 0.1) is 11.0 Å². The molecule has 0 aliphatic heterocycles. The van der Waals surface area contributed by atoms with Crippen molar-refractivity contribution < 1.29 is 5.11 Å². The Labute approximate surface area is 150 Å². The third-order valence-corrected chi connectivity index (χ3v) is 5.21. The molecule has 0 bridgehead atoms. The largest absolute Gasteiger partial charge is 0.386 e. The summed E-state index contributed by atoms with van der Waals surface area (Å²) in [5.74, 6) is 0.511. The third kappa shape index (κ3) is 2.87. The molecular formula is C19H22BrN3O. The third-order valence-electron chi connectivity index (χ3n) is 4.68. The molecule has 0 amide bonds. The monoisotopic (exact) mass is 387 g/mol. The molecule has 0 atom stereocenters. The summed E-state index contributed by atoms with van der Waals surface area (Å²) in [4.78, 5) is 4.36. The van der Waals surface area contributed by atoms with Gasteiger partial charge in [0, 0.05) is 23.3 Å². The van der Waals surface area contributed by atoms with E-state index in [0.29, 0.717) is 11.3 Å². The van der Waals surface area contributed by atoms with Gasteiger partial charge in [0.2, 0.25) is 0 Å². The van der Waals surface area contributed by atoms with Crippen LogP contribution in [0.15, 0.2) is 52.1 Å². The minimum absolute atomic E-state index is 0.261. The highest BCUT2D eigenvalue weighted by Gasteiger charge is 2.49. The number of aromatic nitrogens is 1. The van der Waals surface area contributed by atoms with Gasteiger partial charge in [-0.15, -0.1) is 0 Å². The van der Waals surface area contributed by atoms with E-state index in [2.05, 4.69) is 33.1 Å². The van der Waals surface area contributed by atoms with Crippen molar-refractivity contribution in [3.05, 3.63) is 63.7 Å². The molecule has 2 aromatic rings. The number of aliphatic hydroxyl groups is 1. The van der Waals surface area contributed by atoms with Crippen LogP contribution in [-0.4, -0.2) is 22.6 Å². The highest BCUT2D eigenvalue weighted by atomic mass is 79.9. The normalized spacial score (nSPS) is 17.0. The first-order chi connectivity index (χ1) is 11.3. The van der Waals surface area contributed by atoms with Crippen LogP contribution < -0.4 is 5.49 Å². The Kier molecular flexibility index (Phi) is 4.26. The summed E-state index contributed by atoms with van der Waals surface area (Å²) in [5, 5.41) is 19.3. The summed E-state index contributed by atoms with van der Waals surface area (Å²) >= 11 is 3.47. The van der Waals surface area contributed by atoms with Crippen LogP contribution in [0.3, 0.4) is 0 Å². The molecule has 2 N–H and O–H groups in total. The van der Waals surface area contributed by atoms with Crippen LogP contribution in [0.1, 0.15) is 37.8 Å². The van der Waals surface area contributed by atoms with Crippen molar-refractivity contribution in [2.45, 2.75) is 37.7 Å². The molecule has 24 heavy (non-hydrogen) atoms. The second kappa shape index (κ2) is 5.97. The molecule has 1 aliphatic carbocycles. The summed E-state index contributed by atoms with van der Waals surface area (Å²) in [6.07, 6.45) is 3.77. The van der Waals surface area contributed by atoms with E-state index < -0.39 is 5.60 Å². The highest BCUT2D eigenvalue weighted by molar-refractivity contribution is 9.10. The van der Waals surface area contributed by atoms with E-state index in [0.717, 1.165) is 28.4 Å². The molecule has 5 heteroatoms. The minimum atomic E-state index is -1.01. The minimum Gasteiger partial charge on any atom is -0.386 e. The van der Waals surface area contributed by atoms with E-state index in [1.807, 2.05) is 35.0 Å². The summed E-state index contributed by atoms with van der Waals surface area (Å²) in [5.41, 5.74) is 1.25. The van der Waals surface area contributed by atoms with E-state index in [4.69, 9.17) is 5.41 Å². The Morgan fingerprint density at radius 2 is 1.88 bits per heavy atom. The maximum atomic E-state index is 10.4. The fourth-order valence-electron chi connectivity index (χ4n) is 3.17. The number of nitrogens with one attached hydrogen (secondary N) is 1. The molecule has 1 fully saturated rings. The van der Waals surface area contributed by atoms with Crippen LogP contribution >= 0.6 is 15.9 Å². The molecule has 3 rings (SSSR count). The summed E-state index contributed by atoms with van der Waals surface area (Å²) < 4.78 is 2.84. The van der Waals surface area contributed by atoms with Gasteiger partial charge in [-0.1, -0.05) is 34.1 Å². The van der Waals surface area contributed by atoms with Crippen LogP contribution in [0, 0.1) is 5.41 Å². The smallest absolute Gasteiger partial charge is 0.138 e. The Hall–Kier alpha value is -1.72. The average molecular weight is 388 g/mol. The first-order valence-corrected chi connectivity index (χ1v) is 8.82. The predicted octanol–water partition coefficient (Wildman–Crippen LogP) is 3.57. The zero-order chi connectivity index (χ0) is 17.5. The Bertz CT molecular complexity index is 840. The molecule has 4 nitrogen and oxygen atoms in total. The summed E-state index contributed by atoms with van der Waals surface area (Å²) in [7, 11) is 1.70. The van der Waals surface area contributed by atoms with Gasteiger partial charge in [-0.2, -0.15) is 0 Å². The zero-order valence-corrected chi connectivity index (χ0v) is 15.8. The van der Waals surface area contributed by atoms with Crippen molar-refractivity contribution in [3.63, 3.8) is 0 Å². The van der Waals surface area contributed by atoms with Crippen LogP contribution in [0.25, 0.3) is 0 Å². The summed E-state index contributed by atoms with van der Waals surface area (Å²) in [6.45, 7) is 3.49. The molecule has 1 heterocycles. The van der Waals surface area contributed by atoms with Gasteiger partial charge in [0.1, 0.15) is 11.3 Å². The molecule has 1 aromatic heterocycles. The lowest BCUT2D eigenvalue weighted by Gasteiger charge is -2.24. The van der Waals surface area contributed by atoms with E-state index >= 15 is 0 Å². The number of halogens is 1. The van der Waals surface area contributed by atoms with Gasteiger partial charge in [0.25, 0.3) is 0 Å². The van der Waals surface area contributed by atoms with Crippen molar-refractivity contribution >= 4 is 21.8 Å². The number of nitrogens with zero attached hydrogens (tertiary/aromatic N) is 2. The second-order valence-electron chi connectivity index (χ2n) is 6.84. The Morgan fingerprint density at radius 3 is 2.38 bits per heavy atom. The van der Waals surface area contributed by atoms with Crippen molar-refractivity contribution in [3.8, 4) is 0 Å². The molecule has 1 aliphatic rings. The van der Waals surface area contributed by atoms with Gasteiger partial charge < -0.3 is 5.11 Å². The zero-order valence-electron chi connectivity index (χ0n) is 14.2. The van der Waals surface area contributed by atoms with Gasteiger partial charge >= 0.3 is 0 Å². The van der Waals surface area contributed by atoms with Crippen LogP contribution in [0.4, 0.5) is 0 Å². The molecule has 0 spiro atoms. The van der Waals surface area contributed by atoms with E-state index in [1.165, 1.54) is 0 Å². The Morgan fingerprint density at radius 1 is 1.25 bits per heavy atom. The second-order valence-corrected chi connectivity index (χ2v) is 7.75. The van der Waals surface area contributed by atoms with Gasteiger partial charge in [-0.05, 0) is 50.5 Å². The van der Waals surface area contributed by atoms with Gasteiger partial charge in [-0.25, -0.2) is 0 Å². The van der Waals surface area contributed by atoms with Gasteiger partial charge in [-0.3, -0.25) is 15.0 Å². The first kappa shape index (κ1) is 17.1. The quantitative estimate of drug-likeness (QED) is 0.613. The number of benzene rings is 1. The Balaban J connectivity index is 2.10. The number of rotatable bonds is 3. The number of pyridine rings is 1. The molecule has 1 aromatic carbocycles. The molecule has 126 valence electrons. The van der Waals surface area contributed by atoms with Crippen molar-refractivity contribution in [2.75, 3.05) is 7.05 Å². The standard InChI is InChI=1S/C19H22BrN3O/c1-18(2,24)15-5-4-12-23(16(15)22-3)17(21)19(10-11-19)13-6-8-14(20)9-7-13/h4-9,12,21,24H,10-11H2,1-3H3. The first-order valence-electron chi connectivity index (χ1n) is 8.02. The van der Waals surface area contributed by atoms with E-state index in [1.54, 1.807) is 20.9 Å². The SMILES string of the molecule is CN=c1c(C(C)(C)O)cccn1C(=N)C1(c2ccc(Br)cc2)CC1. The maximum absolute atomic E-state index is 10.4. The fourth-order valence-corrected chi connectivity index (χ4v) is 3.44. The topological polar surface area (TPSA) is 61.4 Å². The molecule has 1 saturated carbocycles. The average Bonchev–Trinajstić information content (AvgIpc) is 3.35. The highest BCUT2D eigenvalue weighted by Crippen LogP contribution is 2.49. The number of hydrogen-bond acceptors (Lipinski definition) is 3. The number of hydrogen-bond donors (Lipinski definition) is 2. The lowest BCUT2D eigenvalue weighted by Crippen LogP contribution is -2.39. The molecule has 0 unspecified atom stereocenters. The van der Waals surface area contributed by atoms with Crippen LogP contribution in [0.5, 0.6) is 0 Å². The van der Waals surface area contributed by atoms with Gasteiger partial charge in [0.15, 0.2) is 0 Å². The van der Waals surface area contributed by atoms with Crippen molar-refractivity contribution in [1.29, 1.82) is 5.41 Å². The van der Waals surface area contributed by atoms with Crippen LogP contribution in [0.2, 0.25) is 0 Å². The molecule has 0 saturated heterocycles. The van der Waals surface area contributed by atoms with Crippen molar-refractivity contribution in [2.24, 2.45) is 4.99 Å². The lowest BCUT2D eigenvalue weighted by atomic mass is 9.93. The van der Waals surface area contributed by atoms with Crippen LogP contribution in [-0.2, 0) is 11.0 Å². The van der Waals surface area contributed by atoms with E-state index in [9.17, 15) is 5.11 Å². The van der Waals surface area contributed by atoms with Crippen molar-refractivity contribution in [1.82, 2.24) is 4.57 Å².